The van der Waals surface area contributed by atoms with E-state index in [1.54, 1.807) is 0 Å². The predicted molar refractivity (Wildman–Crippen MR) is 111 cm³/mol. The van der Waals surface area contributed by atoms with Crippen LogP contribution in [0, 0.1) is 5.92 Å². The number of likely N-dealkylation sites (tertiary alicyclic amines) is 1. The SMILES string of the molecule is OC(CN1CCC(CNCc2cccc3[nH]ccc23)CC1)c1ccccc1. The highest BCUT2D eigenvalue weighted by molar-refractivity contribution is 5.82. The second-order valence-electron chi connectivity index (χ2n) is 7.66. The lowest BCUT2D eigenvalue weighted by Gasteiger charge is -2.33. The van der Waals surface area contributed by atoms with Crippen molar-refractivity contribution in [3.8, 4) is 0 Å². The van der Waals surface area contributed by atoms with E-state index >= 15 is 0 Å². The third-order valence-corrected chi connectivity index (χ3v) is 5.76. The van der Waals surface area contributed by atoms with Crippen molar-refractivity contribution in [2.24, 2.45) is 5.92 Å². The van der Waals surface area contributed by atoms with Crippen LogP contribution in [0.1, 0.15) is 30.1 Å². The van der Waals surface area contributed by atoms with E-state index < -0.39 is 0 Å². The number of piperidine rings is 1. The lowest BCUT2D eigenvalue weighted by Crippen LogP contribution is -2.39. The number of β-amino-alcohol motifs (C(OH)–C–C–N with tert-alkyl or cyclic N) is 1. The van der Waals surface area contributed by atoms with E-state index in [9.17, 15) is 5.11 Å². The van der Waals surface area contributed by atoms with Gasteiger partial charge in [-0.15, -0.1) is 0 Å². The smallest absolute Gasteiger partial charge is 0.0916 e. The summed E-state index contributed by atoms with van der Waals surface area (Å²) in [6, 6.07) is 18.6. The highest BCUT2D eigenvalue weighted by Crippen LogP contribution is 2.21. The Morgan fingerprint density at radius 1 is 1.04 bits per heavy atom. The quantitative estimate of drug-likeness (QED) is 0.600. The Labute approximate surface area is 161 Å². The van der Waals surface area contributed by atoms with Crippen LogP contribution >= 0.6 is 0 Å². The Morgan fingerprint density at radius 3 is 2.67 bits per heavy atom. The van der Waals surface area contributed by atoms with E-state index in [1.165, 1.54) is 29.3 Å². The molecule has 1 aromatic heterocycles. The summed E-state index contributed by atoms with van der Waals surface area (Å²) in [4.78, 5) is 5.68. The molecule has 1 fully saturated rings. The molecule has 142 valence electrons. The van der Waals surface area contributed by atoms with Crippen LogP contribution in [0.5, 0.6) is 0 Å². The van der Waals surface area contributed by atoms with Crippen molar-refractivity contribution in [3.05, 3.63) is 71.9 Å². The number of fused-ring (bicyclic) bond motifs is 1. The molecule has 1 aliphatic heterocycles. The zero-order valence-electron chi connectivity index (χ0n) is 15.8. The fraction of sp³-hybridized carbons (Fsp3) is 0.391. The number of nitrogens with one attached hydrogen (secondary N) is 2. The summed E-state index contributed by atoms with van der Waals surface area (Å²) in [7, 11) is 0. The second kappa shape index (κ2) is 8.70. The van der Waals surface area contributed by atoms with E-state index in [0.717, 1.165) is 44.2 Å². The van der Waals surface area contributed by atoms with Crippen LogP contribution in [0.3, 0.4) is 0 Å². The molecule has 1 saturated heterocycles. The minimum absolute atomic E-state index is 0.386. The maximum absolute atomic E-state index is 10.4. The van der Waals surface area contributed by atoms with Crippen LogP contribution in [-0.2, 0) is 6.54 Å². The van der Waals surface area contributed by atoms with Gasteiger partial charge in [-0.3, -0.25) is 0 Å². The van der Waals surface area contributed by atoms with Gasteiger partial charge in [0.05, 0.1) is 6.10 Å². The first-order valence-electron chi connectivity index (χ1n) is 10.0. The van der Waals surface area contributed by atoms with Crippen LogP contribution in [-0.4, -0.2) is 41.2 Å². The van der Waals surface area contributed by atoms with Crippen molar-refractivity contribution < 1.29 is 5.11 Å². The van der Waals surface area contributed by atoms with E-state index in [1.807, 2.05) is 36.5 Å². The molecule has 0 aliphatic carbocycles. The van der Waals surface area contributed by atoms with E-state index in [2.05, 4.69) is 39.5 Å². The molecule has 2 heterocycles. The van der Waals surface area contributed by atoms with Gasteiger partial charge in [0.15, 0.2) is 0 Å². The van der Waals surface area contributed by atoms with Crippen molar-refractivity contribution in [1.82, 2.24) is 15.2 Å². The summed E-state index contributed by atoms with van der Waals surface area (Å²) in [6.45, 7) is 4.87. The Bertz CT molecular complexity index is 837. The molecule has 3 aromatic rings. The maximum Gasteiger partial charge on any atom is 0.0916 e. The third-order valence-electron chi connectivity index (χ3n) is 5.76. The molecule has 1 unspecified atom stereocenters. The second-order valence-corrected chi connectivity index (χ2v) is 7.66. The first kappa shape index (κ1) is 18.2. The molecule has 0 radical (unpaired) electrons. The standard InChI is InChI=1S/C23H29N3O/c27-23(19-5-2-1-3-6-19)17-26-13-10-18(11-14-26)15-24-16-20-7-4-8-22-21(20)9-12-25-22/h1-9,12,18,23-25,27H,10-11,13-17H2. The Balaban J connectivity index is 1.20. The van der Waals surface area contributed by atoms with Crippen molar-refractivity contribution in [2.75, 3.05) is 26.2 Å². The molecule has 0 saturated carbocycles. The van der Waals surface area contributed by atoms with Gasteiger partial charge in [-0.25, -0.2) is 0 Å². The molecular formula is C23H29N3O. The molecule has 0 bridgehead atoms. The van der Waals surface area contributed by atoms with Crippen molar-refractivity contribution in [2.45, 2.75) is 25.5 Å². The number of nitrogens with zero attached hydrogens (tertiary/aromatic N) is 1. The molecule has 4 heteroatoms. The normalized spacial score (nSPS) is 17.4. The topological polar surface area (TPSA) is 51.3 Å². The Hall–Kier alpha value is -2.14. The Kier molecular flexibility index (Phi) is 5.87. The number of aliphatic hydroxyl groups is 1. The van der Waals surface area contributed by atoms with Gasteiger partial charge in [-0.2, -0.15) is 0 Å². The molecule has 4 nitrogen and oxygen atoms in total. The summed E-state index contributed by atoms with van der Waals surface area (Å²) in [5.74, 6) is 0.723. The van der Waals surface area contributed by atoms with Gasteiger partial charge in [0.25, 0.3) is 0 Å². The van der Waals surface area contributed by atoms with E-state index in [0.29, 0.717) is 0 Å². The summed E-state index contributed by atoms with van der Waals surface area (Å²) in [6.07, 6.45) is 4.02. The largest absolute Gasteiger partial charge is 0.387 e. The van der Waals surface area contributed by atoms with Gasteiger partial charge >= 0.3 is 0 Å². The van der Waals surface area contributed by atoms with Gasteiger partial charge in [-0.05, 0) is 61.7 Å². The fourth-order valence-corrected chi connectivity index (χ4v) is 4.11. The van der Waals surface area contributed by atoms with Gasteiger partial charge in [-0.1, -0.05) is 42.5 Å². The molecule has 4 rings (SSSR count). The monoisotopic (exact) mass is 363 g/mol. The number of benzene rings is 2. The van der Waals surface area contributed by atoms with Crippen LogP contribution in [0.2, 0.25) is 0 Å². The van der Waals surface area contributed by atoms with E-state index in [4.69, 9.17) is 0 Å². The minimum atomic E-state index is -0.386. The zero-order chi connectivity index (χ0) is 18.5. The average molecular weight is 364 g/mol. The van der Waals surface area contributed by atoms with Gasteiger partial charge in [0, 0.05) is 30.2 Å². The number of aliphatic hydroxyl groups excluding tert-OH is 1. The number of aromatic nitrogens is 1. The minimum Gasteiger partial charge on any atom is -0.387 e. The van der Waals surface area contributed by atoms with Crippen LogP contribution in [0.15, 0.2) is 60.8 Å². The number of hydrogen-bond donors (Lipinski definition) is 3. The summed E-state index contributed by atoms with van der Waals surface area (Å²) in [5.41, 5.74) is 3.58. The Morgan fingerprint density at radius 2 is 1.85 bits per heavy atom. The lowest BCUT2D eigenvalue weighted by molar-refractivity contribution is 0.0891. The van der Waals surface area contributed by atoms with Crippen molar-refractivity contribution >= 4 is 10.9 Å². The molecular weight excluding hydrogens is 334 g/mol. The van der Waals surface area contributed by atoms with Crippen LogP contribution < -0.4 is 5.32 Å². The van der Waals surface area contributed by atoms with E-state index in [-0.39, 0.29) is 6.10 Å². The van der Waals surface area contributed by atoms with Crippen molar-refractivity contribution in [3.63, 3.8) is 0 Å². The van der Waals surface area contributed by atoms with Gasteiger partial charge in [0.2, 0.25) is 0 Å². The fourth-order valence-electron chi connectivity index (χ4n) is 4.11. The van der Waals surface area contributed by atoms with Gasteiger partial charge < -0.3 is 20.3 Å². The summed E-state index contributed by atoms with van der Waals surface area (Å²) in [5, 5.41) is 15.4. The molecule has 3 N–H and O–H groups in total. The van der Waals surface area contributed by atoms with Crippen LogP contribution in [0.4, 0.5) is 0 Å². The summed E-state index contributed by atoms with van der Waals surface area (Å²) < 4.78 is 0. The lowest BCUT2D eigenvalue weighted by atomic mass is 9.96. The van der Waals surface area contributed by atoms with Crippen LogP contribution in [0.25, 0.3) is 10.9 Å². The number of H-pyrrole nitrogens is 1. The highest BCUT2D eigenvalue weighted by Gasteiger charge is 2.21. The molecule has 1 atom stereocenters. The maximum atomic E-state index is 10.4. The zero-order valence-corrected chi connectivity index (χ0v) is 15.8. The predicted octanol–water partition coefficient (Wildman–Crippen LogP) is 3.70. The molecule has 0 amide bonds. The average Bonchev–Trinajstić information content (AvgIpc) is 3.20. The molecule has 1 aliphatic rings. The van der Waals surface area contributed by atoms with Gasteiger partial charge in [0.1, 0.15) is 0 Å². The first-order valence-corrected chi connectivity index (χ1v) is 10.0. The van der Waals surface area contributed by atoms with Crippen molar-refractivity contribution in [1.29, 1.82) is 0 Å². The third kappa shape index (κ3) is 4.59. The summed E-state index contributed by atoms with van der Waals surface area (Å²) >= 11 is 0. The first-order chi connectivity index (χ1) is 13.3. The highest BCUT2D eigenvalue weighted by atomic mass is 16.3. The number of hydrogen-bond acceptors (Lipinski definition) is 3. The molecule has 0 spiro atoms. The molecule has 27 heavy (non-hydrogen) atoms. The number of rotatable bonds is 7. The molecule has 2 aromatic carbocycles. The number of aromatic amines is 1.